The second-order valence-corrected chi connectivity index (χ2v) is 7.21. The molecular weight excluding hydrogens is 346 g/mol. The van der Waals surface area contributed by atoms with E-state index in [1.165, 1.54) is 12.0 Å². The maximum atomic E-state index is 12.7. The van der Waals surface area contributed by atoms with Gasteiger partial charge in [0.25, 0.3) is 5.91 Å². The highest BCUT2D eigenvalue weighted by Crippen LogP contribution is 2.34. The summed E-state index contributed by atoms with van der Waals surface area (Å²) < 4.78 is 4.69. The Labute approximate surface area is 155 Å². The number of hydrogen-bond acceptors (Lipinski definition) is 4. The zero-order chi connectivity index (χ0) is 18.3. The number of rotatable bonds is 4. The second-order valence-electron chi connectivity index (χ2n) is 6.26. The van der Waals surface area contributed by atoms with Crippen LogP contribution in [0.25, 0.3) is 21.2 Å². The first-order chi connectivity index (χ1) is 12.6. The van der Waals surface area contributed by atoms with Gasteiger partial charge >= 0.3 is 5.97 Å². The van der Waals surface area contributed by atoms with Crippen molar-refractivity contribution in [1.82, 2.24) is 4.90 Å². The smallest absolute Gasteiger partial charge is 0.334 e. The quantitative estimate of drug-likeness (QED) is 0.514. The van der Waals surface area contributed by atoms with Crippen LogP contribution in [0.5, 0.6) is 0 Å². The van der Waals surface area contributed by atoms with Crippen molar-refractivity contribution in [2.75, 3.05) is 13.7 Å². The van der Waals surface area contributed by atoms with Crippen molar-refractivity contribution in [3.05, 3.63) is 71.1 Å². The van der Waals surface area contributed by atoms with E-state index in [1.54, 1.807) is 16.2 Å². The molecule has 3 aromatic rings. The van der Waals surface area contributed by atoms with E-state index in [9.17, 15) is 9.59 Å². The number of nitrogens with zero attached hydrogens (tertiary/aromatic N) is 1. The van der Waals surface area contributed by atoms with Crippen molar-refractivity contribution in [2.24, 2.45) is 0 Å². The molecule has 130 valence electrons. The van der Waals surface area contributed by atoms with Crippen LogP contribution in [0.3, 0.4) is 0 Å². The molecule has 0 saturated carbocycles. The van der Waals surface area contributed by atoms with Gasteiger partial charge in [-0.25, -0.2) is 4.79 Å². The number of ether oxygens (including phenoxy) is 1. The average molecular weight is 363 g/mol. The van der Waals surface area contributed by atoms with Crippen molar-refractivity contribution < 1.29 is 14.3 Å². The first-order valence-corrected chi connectivity index (χ1v) is 9.11. The highest BCUT2D eigenvalue weighted by Gasteiger charge is 2.30. The Bertz CT molecular complexity index is 1040. The number of esters is 1. The van der Waals surface area contributed by atoms with Crippen molar-refractivity contribution in [3.8, 4) is 10.4 Å². The number of hydrogen-bond donors (Lipinski definition) is 0. The van der Waals surface area contributed by atoms with Gasteiger partial charge in [0.15, 0.2) is 0 Å². The van der Waals surface area contributed by atoms with Crippen LogP contribution in [0.1, 0.15) is 15.9 Å². The van der Waals surface area contributed by atoms with Crippen LogP contribution in [0.2, 0.25) is 0 Å². The van der Waals surface area contributed by atoms with Crippen molar-refractivity contribution in [2.45, 2.75) is 6.54 Å². The highest BCUT2D eigenvalue weighted by atomic mass is 32.1. The van der Waals surface area contributed by atoms with E-state index >= 15 is 0 Å². The topological polar surface area (TPSA) is 46.6 Å². The molecule has 0 radical (unpaired) electrons. The summed E-state index contributed by atoms with van der Waals surface area (Å²) in [6.45, 7) is 4.37. The molecule has 0 bridgehead atoms. The molecule has 0 N–H and O–H groups in total. The minimum atomic E-state index is -0.487. The van der Waals surface area contributed by atoms with Gasteiger partial charge in [0.1, 0.15) is 0 Å². The van der Waals surface area contributed by atoms with Crippen LogP contribution in [-0.4, -0.2) is 30.4 Å². The summed E-state index contributed by atoms with van der Waals surface area (Å²) in [5, 5.41) is 4.23. The van der Waals surface area contributed by atoms with Crippen molar-refractivity contribution in [1.29, 1.82) is 0 Å². The molecule has 0 aliphatic carbocycles. The van der Waals surface area contributed by atoms with Gasteiger partial charge in [-0.15, -0.1) is 11.3 Å². The Kier molecular flexibility index (Phi) is 4.09. The molecule has 0 fully saturated rings. The molecule has 1 aromatic heterocycles. The molecule has 0 saturated heterocycles. The van der Waals surface area contributed by atoms with Gasteiger partial charge in [-0.3, -0.25) is 4.79 Å². The molecule has 1 amide bonds. The number of amides is 1. The number of carbonyl (C=O) groups excluding carboxylic acids is 2. The Balaban J connectivity index is 1.73. The first-order valence-electron chi connectivity index (χ1n) is 8.23. The summed E-state index contributed by atoms with van der Waals surface area (Å²) >= 11 is 1.69. The number of thiophene rings is 1. The van der Waals surface area contributed by atoms with Gasteiger partial charge in [0, 0.05) is 22.6 Å². The zero-order valence-electron chi connectivity index (χ0n) is 14.3. The Morgan fingerprint density at radius 2 is 2.08 bits per heavy atom. The Morgan fingerprint density at radius 3 is 2.81 bits per heavy atom. The molecule has 4 rings (SSSR count). The van der Waals surface area contributed by atoms with Gasteiger partial charge < -0.3 is 9.64 Å². The molecule has 1 aliphatic heterocycles. The third-order valence-electron chi connectivity index (χ3n) is 4.66. The molecule has 0 spiro atoms. The maximum absolute atomic E-state index is 12.7. The van der Waals surface area contributed by atoms with Crippen LogP contribution in [0.15, 0.2) is 60.0 Å². The summed E-state index contributed by atoms with van der Waals surface area (Å²) in [6, 6.07) is 14.3. The standard InChI is InChI=1S/C21H17NO3S/c1-13(21(24)25-2)11-22-12-18-16(20(22)23)8-7-14-5-6-15(10-17(14)18)19-4-3-9-26-19/h3-10H,1,11-12H2,2H3. The molecule has 2 heterocycles. The number of methoxy groups -OCH3 is 1. The second kappa shape index (κ2) is 6.42. The summed E-state index contributed by atoms with van der Waals surface area (Å²) in [4.78, 5) is 27.2. The van der Waals surface area contributed by atoms with Gasteiger partial charge in [0.2, 0.25) is 0 Å². The first kappa shape index (κ1) is 16.5. The lowest BCUT2D eigenvalue weighted by atomic mass is 9.98. The Morgan fingerprint density at radius 1 is 1.27 bits per heavy atom. The predicted molar refractivity (Wildman–Crippen MR) is 103 cm³/mol. The van der Waals surface area contributed by atoms with E-state index < -0.39 is 5.97 Å². The van der Waals surface area contributed by atoms with Gasteiger partial charge in [-0.2, -0.15) is 0 Å². The minimum Gasteiger partial charge on any atom is -0.466 e. The van der Waals surface area contributed by atoms with E-state index in [0.29, 0.717) is 12.1 Å². The molecule has 0 atom stereocenters. The molecular formula is C21H17NO3S. The highest BCUT2D eigenvalue weighted by molar-refractivity contribution is 7.13. The summed E-state index contributed by atoms with van der Waals surface area (Å²) in [5.74, 6) is -0.563. The van der Waals surface area contributed by atoms with Crippen molar-refractivity contribution >= 4 is 34.0 Å². The predicted octanol–water partition coefficient (Wildman–Crippen LogP) is 4.25. The fraction of sp³-hybridized carbons (Fsp3) is 0.143. The monoisotopic (exact) mass is 363 g/mol. The summed E-state index contributed by atoms with van der Waals surface area (Å²) in [6.07, 6.45) is 0. The van der Waals surface area contributed by atoms with Gasteiger partial charge in [-0.05, 0) is 45.5 Å². The fourth-order valence-electron chi connectivity index (χ4n) is 3.35. The number of carbonyl (C=O) groups is 2. The number of fused-ring (bicyclic) bond motifs is 3. The molecule has 1 aliphatic rings. The molecule has 4 nitrogen and oxygen atoms in total. The zero-order valence-corrected chi connectivity index (χ0v) is 15.1. The van der Waals surface area contributed by atoms with Gasteiger partial charge in [0.05, 0.1) is 13.7 Å². The fourth-order valence-corrected chi connectivity index (χ4v) is 4.07. The minimum absolute atomic E-state index is 0.0755. The van der Waals surface area contributed by atoms with Crippen LogP contribution < -0.4 is 0 Å². The van der Waals surface area contributed by atoms with Crippen LogP contribution >= 0.6 is 11.3 Å². The van der Waals surface area contributed by atoms with Crippen molar-refractivity contribution in [3.63, 3.8) is 0 Å². The van der Waals surface area contributed by atoms with Crippen LogP contribution in [0, 0.1) is 0 Å². The van der Waals surface area contributed by atoms with E-state index in [2.05, 4.69) is 41.0 Å². The molecule has 0 unspecified atom stereocenters. The lowest BCUT2D eigenvalue weighted by Crippen LogP contribution is -2.28. The van der Waals surface area contributed by atoms with E-state index in [0.717, 1.165) is 21.9 Å². The van der Waals surface area contributed by atoms with Crippen LogP contribution in [-0.2, 0) is 16.1 Å². The molecule has 2 aromatic carbocycles. The molecule has 5 heteroatoms. The average Bonchev–Trinajstić information content (AvgIpc) is 3.30. The lowest BCUT2D eigenvalue weighted by molar-refractivity contribution is -0.136. The third-order valence-corrected chi connectivity index (χ3v) is 5.58. The summed E-state index contributed by atoms with van der Waals surface area (Å²) in [7, 11) is 1.31. The lowest BCUT2D eigenvalue weighted by Gasteiger charge is -2.16. The summed E-state index contributed by atoms with van der Waals surface area (Å²) in [5.41, 5.74) is 3.12. The largest absolute Gasteiger partial charge is 0.466 e. The SMILES string of the molecule is C=C(CN1Cc2c(ccc3ccc(-c4cccs4)cc23)C1=O)C(=O)OC. The van der Waals surface area contributed by atoms with Crippen LogP contribution in [0.4, 0.5) is 0 Å². The Hall–Kier alpha value is -2.92. The van der Waals surface area contributed by atoms with E-state index in [4.69, 9.17) is 0 Å². The van der Waals surface area contributed by atoms with E-state index in [1.807, 2.05) is 18.2 Å². The van der Waals surface area contributed by atoms with E-state index in [-0.39, 0.29) is 18.0 Å². The third kappa shape index (κ3) is 2.70. The van der Waals surface area contributed by atoms with Gasteiger partial charge in [-0.1, -0.05) is 30.8 Å². The maximum Gasteiger partial charge on any atom is 0.334 e. The normalized spacial score (nSPS) is 13.1. The molecule has 26 heavy (non-hydrogen) atoms. The number of benzene rings is 2.